The monoisotopic (exact) mass is 408 g/mol. The van der Waals surface area contributed by atoms with Crippen molar-refractivity contribution >= 4 is 44.3 Å². The van der Waals surface area contributed by atoms with Gasteiger partial charge in [0.1, 0.15) is 0 Å². The predicted molar refractivity (Wildman–Crippen MR) is 96.9 cm³/mol. The Kier molecular flexibility index (Phi) is 5.15. The summed E-state index contributed by atoms with van der Waals surface area (Å²) in [5.74, 6) is 0.336. The lowest BCUT2D eigenvalue weighted by Crippen LogP contribution is -2.35. The van der Waals surface area contributed by atoms with Gasteiger partial charge in [0.25, 0.3) is 0 Å². The topological polar surface area (TPSA) is 97.1 Å². The number of rotatable bonds is 6. The van der Waals surface area contributed by atoms with Gasteiger partial charge in [0.05, 0.1) is 18.2 Å². The van der Waals surface area contributed by atoms with Gasteiger partial charge in [0, 0.05) is 15.8 Å². The molecule has 1 fully saturated rings. The molecule has 1 aliphatic carbocycles. The molecule has 8 heteroatoms. The third-order valence-corrected chi connectivity index (χ3v) is 4.99. The Morgan fingerprint density at radius 2 is 2.21 bits per heavy atom. The normalized spacial score (nSPS) is 14.9. The largest absolute Gasteiger partial charge is 0.352 e. The van der Waals surface area contributed by atoms with Crippen LogP contribution < -0.4 is 16.4 Å². The third kappa shape index (κ3) is 4.55. The minimum atomic E-state index is -0.668. The number of thiazole rings is 1. The van der Waals surface area contributed by atoms with Crippen molar-refractivity contribution in [1.29, 1.82) is 0 Å². The number of nitrogens with two attached hydrogens (primary N) is 1. The van der Waals surface area contributed by atoms with E-state index in [4.69, 9.17) is 5.73 Å². The highest BCUT2D eigenvalue weighted by molar-refractivity contribution is 9.10. The van der Waals surface area contributed by atoms with Crippen LogP contribution in [-0.2, 0) is 4.79 Å². The van der Waals surface area contributed by atoms with Crippen LogP contribution in [0.1, 0.15) is 42.5 Å². The van der Waals surface area contributed by atoms with Crippen LogP contribution in [0.3, 0.4) is 0 Å². The number of amides is 3. The average molecular weight is 409 g/mol. The third-order valence-electron chi connectivity index (χ3n) is 3.72. The van der Waals surface area contributed by atoms with Crippen LogP contribution in [0.5, 0.6) is 0 Å². The van der Waals surface area contributed by atoms with Gasteiger partial charge < -0.3 is 16.4 Å². The van der Waals surface area contributed by atoms with Crippen LogP contribution in [0.4, 0.5) is 9.93 Å². The van der Waals surface area contributed by atoms with Crippen molar-refractivity contribution in [1.82, 2.24) is 10.3 Å². The number of nitrogens with one attached hydrogen (secondary N) is 2. The molecule has 0 saturated heterocycles. The number of primary amides is 1. The fourth-order valence-electron chi connectivity index (χ4n) is 2.41. The summed E-state index contributed by atoms with van der Waals surface area (Å²) in [6.45, 7) is 0. The number of carbonyl (C=O) groups excluding carboxylic acids is 2. The first-order chi connectivity index (χ1) is 11.5. The van der Waals surface area contributed by atoms with Crippen LogP contribution >= 0.6 is 27.3 Å². The molecule has 24 heavy (non-hydrogen) atoms. The fourth-order valence-corrected chi connectivity index (χ4v) is 3.64. The van der Waals surface area contributed by atoms with Gasteiger partial charge in [-0.1, -0.05) is 28.1 Å². The summed E-state index contributed by atoms with van der Waals surface area (Å²) < 4.78 is 0.866. The lowest BCUT2D eigenvalue weighted by Gasteiger charge is -2.17. The van der Waals surface area contributed by atoms with Crippen LogP contribution in [-0.4, -0.2) is 16.9 Å². The first-order valence-corrected chi connectivity index (χ1v) is 9.25. The molecule has 1 aromatic carbocycles. The van der Waals surface area contributed by atoms with Crippen molar-refractivity contribution in [2.45, 2.75) is 31.2 Å². The summed E-state index contributed by atoms with van der Waals surface area (Å²) in [7, 11) is 0. The molecule has 1 aliphatic rings. The van der Waals surface area contributed by atoms with E-state index in [9.17, 15) is 9.59 Å². The molecule has 3 rings (SSSR count). The number of halogens is 1. The summed E-state index contributed by atoms with van der Waals surface area (Å²) >= 11 is 4.81. The fraction of sp³-hybridized carbons (Fsp3) is 0.312. The molecule has 2 aromatic rings. The first-order valence-electron chi connectivity index (χ1n) is 7.58. The second kappa shape index (κ2) is 7.31. The molecule has 1 saturated carbocycles. The number of urea groups is 1. The van der Waals surface area contributed by atoms with Crippen LogP contribution in [0.15, 0.2) is 34.1 Å². The average Bonchev–Trinajstić information content (AvgIpc) is 3.27. The van der Waals surface area contributed by atoms with Gasteiger partial charge in [-0.2, -0.15) is 0 Å². The van der Waals surface area contributed by atoms with Crippen molar-refractivity contribution in [3.8, 4) is 0 Å². The van der Waals surface area contributed by atoms with E-state index in [0.717, 1.165) is 15.7 Å². The Hall–Kier alpha value is -1.93. The molecule has 0 radical (unpaired) electrons. The van der Waals surface area contributed by atoms with E-state index in [1.54, 1.807) is 0 Å². The standard InChI is InChI=1S/C16H17BrN4O2S/c17-11-3-1-2-10(6-11)12(19-15(18)23)7-14(22)21-16-20-13(8-24-16)9-4-5-9/h1-3,6,8-9,12H,4-5,7H2,(H3,18,19,23)(H,20,21,22). The van der Waals surface area contributed by atoms with E-state index in [1.807, 2.05) is 29.6 Å². The zero-order valence-corrected chi connectivity index (χ0v) is 15.2. The van der Waals surface area contributed by atoms with E-state index < -0.39 is 12.1 Å². The molecule has 1 aromatic heterocycles. The maximum absolute atomic E-state index is 12.3. The van der Waals surface area contributed by atoms with Crippen molar-refractivity contribution in [3.05, 3.63) is 45.4 Å². The number of anilines is 1. The van der Waals surface area contributed by atoms with E-state index in [0.29, 0.717) is 11.0 Å². The molecule has 4 N–H and O–H groups in total. The van der Waals surface area contributed by atoms with Crippen LogP contribution in [0.25, 0.3) is 0 Å². The minimum absolute atomic E-state index is 0.0811. The summed E-state index contributed by atoms with van der Waals surface area (Å²) in [6.07, 6.45) is 2.42. The predicted octanol–water partition coefficient (Wildman–Crippen LogP) is 3.52. The van der Waals surface area contributed by atoms with Gasteiger partial charge in [-0.25, -0.2) is 9.78 Å². The highest BCUT2D eigenvalue weighted by atomic mass is 79.9. The summed E-state index contributed by atoms with van der Waals surface area (Å²) in [4.78, 5) is 28.0. The van der Waals surface area contributed by atoms with E-state index in [1.165, 1.54) is 24.2 Å². The molecule has 6 nitrogen and oxygen atoms in total. The Bertz CT molecular complexity index is 760. The Morgan fingerprint density at radius 3 is 2.88 bits per heavy atom. The SMILES string of the molecule is NC(=O)NC(CC(=O)Nc1nc(C2CC2)cs1)c1cccc(Br)c1. The van der Waals surface area contributed by atoms with Crippen molar-refractivity contribution < 1.29 is 9.59 Å². The Balaban J connectivity index is 1.66. The second-order valence-corrected chi connectivity index (χ2v) is 7.49. The smallest absolute Gasteiger partial charge is 0.312 e. The van der Waals surface area contributed by atoms with E-state index >= 15 is 0 Å². The van der Waals surface area contributed by atoms with Gasteiger partial charge in [-0.3, -0.25) is 4.79 Å². The van der Waals surface area contributed by atoms with Crippen molar-refractivity contribution in [2.75, 3.05) is 5.32 Å². The van der Waals surface area contributed by atoms with Gasteiger partial charge in [-0.05, 0) is 30.5 Å². The molecule has 0 spiro atoms. The highest BCUT2D eigenvalue weighted by Crippen LogP contribution is 2.40. The zero-order valence-electron chi connectivity index (χ0n) is 12.8. The molecule has 1 heterocycles. The van der Waals surface area contributed by atoms with Crippen molar-refractivity contribution in [3.63, 3.8) is 0 Å². The minimum Gasteiger partial charge on any atom is -0.352 e. The number of nitrogens with zero attached hydrogens (tertiary/aromatic N) is 1. The number of hydrogen-bond acceptors (Lipinski definition) is 4. The number of hydrogen-bond donors (Lipinski definition) is 3. The van der Waals surface area contributed by atoms with Gasteiger partial charge in [0.15, 0.2) is 5.13 Å². The molecule has 1 unspecified atom stereocenters. The first kappa shape index (κ1) is 16.9. The zero-order chi connectivity index (χ0) is 17.1. The lowest BCUT2D eigenvalue weighted by atomic mass is 10.0. The van der Waals surface area contributed by atoms with Crippen molar-refractivity contribution in [2.24, 2.45) is 5.73 Å². The van der Waals surface area contributed by atoms with Gasteiger partial charge in [-0.15, -0.1) is 11.3 Å². The maximum atomic E-state index is 12.3. The molecular weight excluding hydrogens is 392 g/mol. The lowest BCUT2D eigenvalue weighted by molar-refractivity contribution is -0.116. The quantitative estimate of drug-likeness (QED) is 0.681. The van der Waals surface area contributed by atoms with Gasteiger partial charge in [0.2, 0.25) is 5.91 Å². The van der Waals surface area contributed by atoms with E-state index in [-0.39, 0.29) is 12.3 Å². The molecular formula is C16H17BrN4O2S. The molecule has 3 amide bonds. The molecule has 0 aliphatic heterocycles. The summed E-state index contributed by atoms with van der Waals surface area (Å²) in [5, 5.41) is 7.99. The van der Waals surface area contributed by atoms with Crippen LogP contribution in [0.2, 0.25) is 0 Å². The molecule has 126 valence electrons. The number of benzene rings is 1. The Morgan fingerprint density at radius 1 is 1.42 bits per heavy atom. The molecule has 1 atom stereocenters. The highest BCUT2D eigenvalue weighted by Gasteiger charge is 2.26. The summed E-state index contributed by atoms with van der Waals surface area (Å²) in [6, 6.07) is 6.24. The second-order valence-electron chi connectivity index (χ2n) is 5.72. The number of aromatic nitrogens is 1. The number of carbonyl (C=O) groups is 2. The maximum Gasteiger partial charge on any atom is 0.312 e. The Labute approximate surface area is 152 Å². The molecule has 0 bridgehead atoms. The van der Waals surface area contributed by atoms with Gasteiger partial charge >= 0.3 is 6.03 Å². The van der Waals surface area contributed by atoms with Crippen LogP contribution in [0, 0.1) is 0 Å². The summed E-state index contributed by atoms with van der Waals surface area (Å²) in [5.41, 5.74) is 7.09. The van der Waals surface area contributed by atoms with E-state index in [2.05, 4.69) is 31.5 Å².